The first kappa shape index (κ1) is 16.1. The summed E-state index contributed by atoms with van der Waals surface area (Å²) in [5.41, 5.74) is 6.99. The number of benzene rings is 1. The number of pyridine rings is 1. The lowest BCUT2D eigenvalue weighted by atomic mass is 10.0. The highest BCUT2D eigenvalue weighted by molar-refractivity contribution is 6.04. The number of hydrogen-bond donors (Lipinski definition) is 1. The van der Waals surface area contributed by atoms with Crippen molar-refractivity contribution < 1.29 is 9.53 Å². The maximum absolute atomic E-state index is 13.1. The van der Waals surface area contributed by atoms with Gasteiger partial charge in [0.25, 0.3) is 5.91 Å². The molecule has 0 radical (unpaired) electrons. The van der Waals surface area contributed by atoms with Gasteiger partial charge in [-0.3, -0.25) is 4.79 Å². The van der Waals surface area contributed by atoms with Gasteiger partial charge in [0.15, 0.2) is 11.5 Å². The molecule has 0 atom stereocenters. The normalized spacial score (nSPS) is 21.1. The van der Waals surface area contributed by atoms with Crippen LogP contribution in [-0.2, 0) is 0 Å². The molecular weight excluding hydrogens is 342 g/mol. The van der Waals surface area contributed by atoms with Crippen LogP contribution in [0, 0.1) is 0 Å². The molecule has 7 heteroatoms. The number of ether oxygens (including phenoxy) is 1. The van der Waals surface area contributed by atoms with Gasteiger partial charge in [0, 0.05) is 12.1 Å². The van der Waals surface area contributed by atoms with Gasteiger partial charge < -0.3 is 15.4 Å². The van der Waals surface area contributed by atoms with Crippen LogP contribution in [0.2, 0.25) is 0 Å². The predicted molar refractivity (Wildman–Crippen MR) is 103 cm³/mol. The topological polar surface area (TPSA) is 86.3 Å². The fourth-order valence-electron chi connectivity index (χ4n) is 4.52. The SMILES string of the molecule is COc1ccccc1C(=O)n1nc(N)c2ccc(N3C4CCC3CC4)nc21. The molecule has 4 heterocycles. The summed E-state index contributed by atoms with van der Waals surface area (Å²) in [6.07, 6.45) is 4.86. The Morgan fingerprint density at radius 2 is 1.81 bits per heavy atom. The van der Waals surface area contributed by atoms with Gasteiger partial charge in [-0.15, -0.1) is 5.10 Å². The van der Waals surface area contributed by atoms with Gasteiger partial charge in [0.2, 0.25) is 0 Å². The van der Waals surface area contributed by atoms with Crippen molar-refractivity contribution in [3.8, 4) is 5.75 Å². The number of carbonyl (C=O) groups is 1. The molecule has 2 bridgehead atoms. The standard InChI is InChI=1S/C20H21N5O2/c1-27-16-5-3-2-4-14(16)20(26)25-19-15(18(21)23-25)10-11-17(22-19)24-12-6-7-13(24)9-8-12/h2-5,10-13H,6-9H2,1H3,(H2,21,23). The number of nitrogens with zero attached hydrogens (tertiary/aromatic N) is 4. The van der Waals surface area contributed by atoms with Crippen LogP contribution in [0.15, 0.2) is 36.4 Å². The van der Waals surface area contributed by atoms with Crippen LogP contribution in [0.1, 0.15) is 36.0 Å². The first-order chi connectivity index (χ1) is 13.2. The monoisotopic (exact) mass is 363 g/mol. The van der Waals surface area contributed by atoms with Crippen molar-refractivity contribution in [3.05, 3.63) is 42.0 Å². The van der Waals surface area contributed by atoms with Crippen LogP contribution in [-0.4, -0.2) is 39.9 Å². The van der Waals surface area contributed by atoms with E-state index in [0.717, 1.165) is 5.82 Å². The highest BCUT2D eigenvalue weighted by Crippen LogP contribution is 2.40. The molecule has 1 aromatic carbocycles. The minimum atomic E-state index is -0.303. The van der Waals surface area contributed by atoms with Crippen LogP contribution >= 0.6 is 0 Å². The quantitative estimate of drug-likeness (QED) is 0.770. The van der Waals surface area contributed by atoms with E-state index in [1.807, 2.05) is 18.2 Å². The number of fused-ring (bicyclic) bond motifs is 3. The number of methoxy groups -OCH3 is 1. The Kier molecular flexibility index (Phi) is 3.56. The van der Waals surface area contributed by atoms with E-state index < -0.39 is 0 Å². The molecule has 2 aliphatic heterocycles. The van der Waals surface area contributed by atoms with E-state index in [2.05, 4.69) is 10.00 Å². The number of aromatic nitrogens is 3. The molecule has 2 fully saturated rings. The Bertz CT molecular complexity index is 1020. The van der Waals surface area contributed by atoms with Gasteiger partial charge in [0.05, 0.1) is 18.1 Å². The highest BCUT2D eigenvalue weighted by atomic mass is 16.5. The average molecular weight is 363 g/mol. The third kappa shape index (κ3) is 2.38. The summed E-state index contributed by atoms with van der Waals surface area (Å²) in [6, 6.07) is 12.1. The summed E-state index contributed by atoms with van der Waals surface area (Å²) in [5, 5.41) is 4.96. The molecule has 0 spiro atoms. The van der Waals surface area contributed by atoms with Crippen LogP contribution in [0.25, 0.3) is 11.0 Å². The van der Waals surface area contributed by atoms with Gasteiger partial charge in [-0.2, -0.15) is 4.68 Å². The average Bonchev–Trinajstić information content (AvgIpc) is 3.40. The summed E-state index contributed by atoms with van der Waals surface area (Å²) in [7, 11) is 1.54. The minimum absolute atomic E-state index is 0.302. The van der Waals surface area contributed by atoms with Crippen LogP contribution in [0.5, 0.6) is 5.75 Å². The molecule has 2 N–H and O–H groups in total. The summed E-state index contributed by atoms with van der Waals surface area (Å²) >= 11 is 0. The second-order valence-electron chi connectivity index (χ2n) is 7.21. The molecule has 138 valence electrons. The summed E-state index contributed by atoms with van der Waals surface area (Å²) < 4.78 is 6.62. The third-order valence-electron chi connectivity index (χ3n) is 5.79. The lowest BCUT2D eigenvalue weighted by Gasteiger charge is -2.23. The Morgan fingerprint density at radius 3 is 2.52 bits per heavy atom. The second-order valence-corrected chi connectivity index (χ2v) is 7.21. The second kappa shape index (κ2) is 5.97. The lowest BCUT2D eigenvalue weighted by Crippen LogP contribution is -2.29. The van der Waals surface area contributed by atoms with E-state index in [1.54, 1.807) is 25.3 Å². The first-order valence-electron chi connectivity index (χ1n) is 9.28. The van der Waals surface area contributed by atoms with Gasteiger partial charge in [-0.25, -0.2) is 4.98 Å². The molecule has 2 saturated heterocycles. The summed E-state index contributed by atoms with van der Waals surface area (Å²) in [4.78, 5) is 20.3. The molecule has 5 rings (SSSR count). The Balaban J connectivity index is 1.62. The zero-order valence-electron chi connectivity index (χ0n) is 15.1. The summed E-state index contributed by atoms with van der Waals surface area (Å²) in [5.74, 6) is 1.40. The van der Waals surface area contributed by atoms with Gasteiger partial charge in [-0.1, -0.05) is 12.1 Å². The largest absolute Gasteiger partial charge is 0.496 e. The molecule has 7 nitrogen and oxygen atoms in total. The molecule has 2 aliphatic rings. The van der Waals surface area contributed by atoms with Crippen molar-refractivity contribution >= 4 is 28.6 Å². The van der Waals surface area contributed by atoms with E-state index in [-0.39, 0.29) is 5.91 Å². The summed E-state index contributed by atoms with van der Waals surface area (Å²) in [6.45, 7) is 0. The number of rotatable bonds is 3. The number of anilines is 2. The Labute approximate surface area is 156 Å². The Morgan fingerprint density at radius 1 is 1.11 bits per heavy atom. The number of para-hydroxylation sites is 1. The van der Waals surface area contributed by atoms with Crippen molar-refractivity contribution in [1.82, 2.24) is 14.8 Å². The molecule has 0 aliphatic carbocycles. The highest BCUT2D eigenvalue weighted by Gasteiger charge is 2.40. The van der Waals surface area contributed by atoms with E-state index in [9.17, 15) is 4.79 Å². The molecule has 27 heavy (non-hydrogen) atoms. The van der Waals surface area contributed by atoms with Gasteiger partial charge in [0.1, 0.15) is 11.6 Å². The van der Waals surface area contributed by atoms with Crippen LogP contribution < -0.4 is 15.4 Å². The Hall–Kier alpha value is -3.09. The molecular formula is C20H21N5O2. The molecule has 0 saturated carbocycles. The van der Waals surface area contributed by atoms with Crippen molar-refractivity contribution in [3.63, 3.8) is 0 Å². The smallest absolute Gasteiger partial charge is 0.283 e. The van der Waals surface area contributed by atoms with Gasteiger partial charge in [-0.05, 0) is 49.9 Å². The van der Waals surface area contributed by atoms with Crippen molar-refractivity contribution in [2.24, 2.45) is 0 Å². The predicted octanol–water partition coefficient (Wildman–Crippen LogP) is 2.84. The minimum Gasteiger partial charge on any atom is -0.496 e. The first-order valence-corrected chi connectivity index (χ1v) is 9.28. The maximum Gasteiger partial charge on any atom is 0.283 e. The number of nitrogen functional groups attached to an aromatic ring is 1. The molecule has 0 unspecified atom stereocenters. The third-order valence-corrected chi connectivity index (χ3v) is 5.79. The molecule has 0 amide bonds. The van der Waals surface area contributed by atoms with E-state index in [1.165, 1.54) is 30.4 Å². The lowest BCUT2D eigenvalue weighted by molar-refractivity contribution is 0.0947. The maximum atomic E-state index is 13.1. The fraction of sp³-hybridized carbons (Fsp3) is 0.350. The fourth-order valence-corrected chi connectivity index (χ4v) is 4.52. The zero-order chi connectivity index (χ0) is 18.5. The van der Waals surface area contributed by atoms with Crippen LogP contribution in [0.3, 0.4) is 0 Å². The van der Waals surface area contributed by atoms with E-state index >= 15 is 0 Å². The zero-order valence-corrected chi connectivity index (χ0v) is 15.1. The number of hydrogen-bond acceptors (Lipinski definition) is 6. The van der Waals surface area contributed by atoms with E-state index in [4.69, 9.17) is 15.5 Å². The van der Waals surface area contributed by atoms with Crippen molar-refractivity contribution in [2.45, 2.75) is 37.8 Å². The number of nitrogens with two attached hydrogens (primary N) is 1. The van der Waals surface area contributed by atoms with E-state index in [0.29, 0.717) is 40.2 Å². The van der Waals surface area contributed by atoms with Gasteiger partial charge >= 0.3 is 0 Å². The van der Waals surface area contributed by atoms with Crippen molar-refractivity contribution in [2.75, 3.05) is 17.7 Å². The molecule has 3 aromatic rings. The van der Waals surface area contributed by atoms with Crippen molar-refractivity contribution in [1.29, 1.82) is 0 Å². The molecule has 2 aromatic heterocycles. The van der Waals surface area contributed by atoms with Crippen LogP contribution in [0.4, 0.5) is 11.6 Å². The number of carbonyl (C=O) groups excluding carboxylic acids is 1.